The van der Waals surface area contributed by atoms with E-state index in [1.807, 2.05) is 36.6 Å². The highest BCUT2D eigenvalue weighted by molar-refractivity contribution is 7.11. The number of benzene rings is 1. The number of nitrogens with one attached hydrogen (secondary N) is 1. The Kier molecular flexibility index (Phi) is 4.48. The lowest BCUT2D eigenvalue weighted by Crippen LogP contribution is -2.62. The molecule has 5 rings (SSSR count). The van der Waals surface area contributed by atoms with Gasteiger partial charge in [0.25, 0.3) is 11.1 Å². The molecule has 1 N–H and O–H groups in total. The molecule has 2 bridgehead atoms. The van der Waals surface area contributed by atoms with Crippen LogP contribution in [0.1, 0.15) is 35.8 Å². The zero-order chi connectivity index (χ0) is 17.4. The van der Waals surface area contributed by atoms with Crippen LogP contribution in [0.2, 0.25) is 0 Å². The smallest absolute Gasteiger partial charge is 0.278 e. The minimum Gasteiger partial charge on any atom is -0.431 e. The summed E-state index contributed by atoms with van der Waals surface area (Å²) in [6, 6.07) is 7.96. The van der Waals surface area contributed by atoms with Crippen molar-refractivity contribution in [1.82, 2.24) is 15.2 Å². The van der Waals surface area contributed by atoms with Gasteiger partial charge in [-0.25, -0.2) is 4.98 Å². The van der Waals surface area contributed by atoms with E-state index in [1.165, 1.54) is 37.3 Å². The van der Waals surface area contributed by atoms with Gasteiger partial charge in [0.05, 0.1) is 5.69 Å². The van der Waals surface area contributed by atoms with Crippen molar-refractivity contribution in [3.05, 3.63) is 40.9 Å². The standard InChI is InChI=1S/C19H23N3O2S/c1-12-11-25-19(20-12)24-16-5-3-15(4-6-16)18(23)21-17-13(2)22-9-7-14(17)8-10-22/h3-6,11,13-14,17H,7-10H2,1-2H3,(H,21,23). The second-order valence-corrected chi connectivity index (χ2v) is 7.82. The van der Waals surface area contributed by atoms with Crippen molar-refractivity contribution in [3.8, 4) is 10.9 Å². The third kappa shape index (κ3) is 3.41. The molecule has 2 atom stereocenters. The number of ether oxygens (including phenoxy) is 1. The van der Waals surface area contributed by atoms with Crippen LogP contribution in [0.25, 0.3) is 0 Å². The second kappa shape index (κ2) is 6.77. The van der Waals surface area contributed by atoms with Gasteiger partial charge in [0.1, 0.15) is 5.75 Å². The summed E-state index contributed by atoms with van der Waals surface area (Å²) in [6.45, 7) is 6.50. The highest BCUT2D eigenvalue weighted by atomic mass is 32.1. The molecule has 5 nitrogen and oxygen atoms in total. The van der Waals surface area contributed by atoms with Crippen molar-refractivity contribution < 1.29 is 9.53 Å². The van der Waals surface area contributed by atoms with Crippen LogP contribution in [-0.4, -0.2) is 41.0 Å². The lowest BCUT2D eigenvalue weighted by atomic mass is 9.79. The molecule has 0 saturated carbocycles. The van der Waals surface area contributed by atoms with Gasteiger partial charge in [-0.3, -0.25) is 9.69 Å². The van der Waals surface area contributed by atoms with Crippen LogP contribution in [0.5, 0.6) is 10.9 Å². The maximum atomic E-state index is 12.6. The van der Waals surface area contributed by atoms with Crippen LogP contribution in [-0.2, 0) is 0 Å². The van der Waals surface area contributed by atoms with Crippen LogP contribution in [0.15, 0.2) is 29.6 Å². The molecule has 3 aliphatic heterocycles. The van der Waals surface area contributed by atoms with E-state index in [2.05, 4.69) is 22.1 Å². The first-order valence-corrected chi connectivity index (χ1v) is 9.73. The Bertz CT molecular complexity index is 748. The van der Waals surface area contributed by atoms with Gasteiger partial charge in [-0.15, -0.1) is 0 Å². The van der Waals surface area contributed by atoms with Crippen molar-refractivity contribution in [2.75, 3.05) is 13.1 Å². The molecule has 6 heteroatoms. The van der Waals surface area contributed by atoms with Crippen LogP contribution in [0.3, 0.4) is 0 Å². The number of rotatable bonds is 4. The SMILES string of the molecule is Cc1csc(Oc2ccc(C(=O)NC3C4CCN(CC4)C3C)cc2)n1. The van der Waals surface area contributed by atoms with Crippen LogP contribution >= 0.6 is 11.3 Å². The van der Waals surface area contributed by atoms with Crippen LogP contribution in [0, 0.1) is 12.8 Å². The molecular weight excluding hydrogens is 334 g/mol. The topological polar surface area (TPSA) is 54.5 Å². The Balaban J connectivity index is 1.40. The lowest BCUT2D eigenvalue weighted by Gasteiger charge is -2.49. The number of nitrogens with zero attached hydrogens (tertiary/aromatic N) is 2. The molecule has 1 aromatic carbocycles. The molecule has 1 amide bonds. The molecule has 2 aromatic rings. The fourth-order valence-electron chi connectivity index (χ4n) is 3.93. The largest absolute Gasteiger partial charge is 0.431 e. The average Bonchev–Trinajstić information content (AvgIpc) is 3.04. The van der Waals surface area contributed by atoms with Crippen molar-refractivity contribution in [2.45, 2.75) is 38.8 Å². The zero-order valence-electron chi connectivity index (χ0n) is 14.6. The Labute approximate surface area is 152 Å². The molecule has 3 saturated heterocycles. The van der Waals surface area contributed by atoms with Crippen molar-refractivity contribution in [2.24, 2.45) is 5.92 Å². The number of aryl methyl sites for hydroxylation is 1. The van der Waals surface area contributed by atoms with Gasteiger partial charge in [0.2, 0.25) is 0 Å². The number of fused-ring (bicyclic) bond motifs is 3. The summed E-state index contributed by atoms with van der Waals surface area (Å²) in [5.41, 5.74) is 1.62. The van der Waals surface area contributed by atoms with Gasteiger partial charge in [-0.1, -0.05) is 11.3 Å². The summed E-state index contributed by atoms with van der Waals surface area (Å²) < 4.78 is 5.71. The molecule has 0 aliphatic carbocycles. The summed E-state index contributed by atoms with van der Waals surface area (Å²) in [4.78, 5) is 19.4. The predicted octanol–water partition coefficient (Wildman–Crippen LogP) is 3.46. The first kappa shape index (κ1) is 16.5. The summed E-state index contributed by atoms with van der Waals surface area (Å²) >= 11 is 1.47. The number of carbonyl (C=O) groups is 1. The van der Waals surface area contributed by atoms with E-state index >= 15 is 0 Å². The first-order chi connectivity index (χ1) is 12.1. The molecule has 3 fully saturated rings. The van der Waals surface area contributed by atoms with E-state index in [1.54, 1.807) is 0 Å². The molecule has 25 heavy (non-hydrogen) atoms. The number of amides is 1. The molecular formula is C19H23N3O2S. The van der Waals surface area contributed by atoms with Gasteiger partial charge in [0.15, 0.2) is 0 Å². The second-order valence-electron chi connectivity index (χ2n) is 6.99. The summed E-state index contributed by atoms with van der Waals surface area (Å²) in [6.07, 6.45) is 2.38. The Morgan fingerprint density at radius 3 is 2.60 bits per heavy atom. The van der Waals surface area contributed by atoms with Gasteiger partial charge in [-0.2, -0.15) is 0 Å². The number of hydrogen-bond donors (Lipinski definition) is 1. The number of piperidine rings is 3. The average molecular weight is 357 g/mol. The Hall–Kier alpha value is -1.92. The monoisotopic (exact) mass is 357 g/mol. The molecule has 132 valence electrons. The molecule has 2 unspecified atom stereocenters. The fourth-order valence-corrected chi connectivity index (χ4v) is 4.60. The van der Waals surface area contributed by atoms with Gasteiger partial charge in [0, 0.05) is 23.0 Å². The van der Waals surface area contributed by atoms with Crippen molar-refractivity contribution >= 4 is 17.2 Å². The quantitative estimate of drug-likeness (QED) is 0.910. The predicted molar refractivity (Wildman–Crippen MR) is 98.4 cm³/mol. The molecule has 1 aromatic heterocycles. The van der Waals surface area contributed by atoms with E-state index in [9.17, 15) is 4.79 Å². The van der Waals surface area contributed by atoms with Gasteiger partial charge < -0.3 is 10.1 Å². The normalized spacial score (nSPS) is 27.9. The van der Waals surface area contributed by atoms with E-state index in [0.717, 1.165) is 5.69 Å². The third-order valence-electron chi connectivity index (χ3n) is 5.40. The fraction of sp³-hybridized carbons (Fsp3) is 0.474. The van der Waals surface area contributed by atoms with Gasteiger partial charge in [-0.05, 0) is 70.0 Å². The lowest BCUT2D eigenvalue weighted by molar-refractivity contribution is 0.0217. The molecule has 0 radical (unpaired) electrons. The Morgan fingerprint density at radius 1 is 1.28 bits per heavy atom. The van der Waals surface area contributed by atoms with Crippen molar-refractivity contribution in [3.63, 3.8) is 0 Å². The minimum absolute atomic E-state index is 0.00208. The van der Waals surface area contributed by atoms with Gasteiger partial charge >= 0.3 is 0 Å². The van der Waals surface area contributed by atoms with Crippen molar-refractivity contribution in [1.29, 1.82) is 0 Å². The molecule has 4 heterocycles. The number of thiazole rings is 1. The minimum atomic E-state index is 0.00208. The van der Waals surface area contributed by atoms with E-state index < -0.39 is 0 Å². The van der Waals surface area contributed by atoms with Crippen LogP contribution in [0.4, 0.5) is 0 Å². The maximum absolute atomic E-state index is 12.6. The maximum Gasteiger partial charge on any atom is 0.278 e. The van der Waals surface area contributed by atoms with E-state index in [-0.39, 0.29) is 11.9 Å². The zero-order valence-corrected chi connectivity index (χ0v) is 15.4. The number of carbonyl (C=O) groups excluding carboxylic acids is 1. The number of hydrogen-bond acceptors (Lipinski definition) is 5. The molecule has 3 aliphatic rings. The highest BCUT2D eigenvalue weighted by Gasteiger charge is 2.40. The summed E-state index contributed by atoms with van der Waals surface area (Å²) in [5, 5.41) is 5.83. The van der Waals surface area contributed by atoms with E-state index in [4.69, 9.17) is 4.74 Å². The number of aromatic nitrogens is 1. The van der Waals surface area contributed by atoms with Crippen LogP contribution < -0.4 is 10.1 Å². The molecule has 0 spiro atoms. The highest BCUT2D eigenvalue weighted by Crippen LogP contribution is 2.32. The third-order valence-corrected chi connectivity index (χ3v) is 6.23. The summed E-state index contributed by atoms with van der Waals surface area (Å²) in [5.74, 6) is 1.31. The Morgan fingerprint density at radius 2 is 2.00 bits per heavy atom. The first-order valence-electron chi connectivity index (χ1n) is 8.85. The van der Waals surface area contributed by atoms with E-state index in [0.29, 0.717) is 28.5 Å². The summed E-state index contributed by atoms with van der Waals surface area (Å²) in [7, 11) is 0.